The van der Waals surface area contributed by atoms with Gasteiger partial charge in [-0.3, -0.25) is 0 Å². The molecule has 0 aliphatic carbocycles. The minimum atomic E-state index is 0.870. The third-order valence-corrected chi connectivity index (χ3v) is 11.2. The predicted octanol–water partition coefficient (Wildman–Crippen LogP) is 15.5. The molecule has 56 heavy (non-hydrogen) atoms. The van der Waals surface area contributed by atoms with Gasteiger partial charge in [0.2, 0.25) is 0 Å². The van der Waals surface area contributed by atoms with Crippen molar-refractivity contribution in [3.63, 3.8) is 0 Å². The first-order valence-electron chi connectivity index (χ1n) is 19.2. The number of benzene rings is 10. The molecule has 0 aliphatic heterocycles. The Morgan fingerprint density at radius 3 is 1.50 bits per heavy atom. The van der Waals surface area contributed by atoms with Crippen molar-refractivity contribution in [2.75, 3.05) is 4.90 Å². The normalized spacial score (nSPS) is 11.6. The molecule has 0 unspecified atom stereocenters. The summed E-state index contributed by atoms with van der Waals surface area (Å²) in [5, 5.41) is 9.67. The summed E-state index contributed by atoms with van der Waals surface area (Å²) >= 11 is 0. The standard InChI is InChI=1S/C54H35NO/c1-2-11-36(12-3-1)38-25-29-44(30-26-38)55(51-19-10-20-52-54(51)50-33-41-13-4-5-14-42(41)35-53(50)56-52)45-31-27-39(28-32-45)37-21-23-40(24-22-37)49-34-43-15-6-7-16-46(43)47-17-8-9-18-48(47)49/h1-35H. The van der Waals surface area contributed by atoms with Gasteiger partial charge in [0.1, 0.15) is 11.2 Å². The number of nitrogens with zero attached hydrogens (tertiary/aromatic N) is 1. The van der Waals surface area contributed by atoms with Crippen LogP contribution < -0.4 is 4.90 Å². The van der Waals surface area contributed by atoms with E-state index in [0.717, 1.165) is 39.0 Å². The highest BCUT2D eigenvalue weighted by Crippen LogP contribution is 2.44. The maximum absolute atomic E-state index is 6.54. The molecule has 11 rings (SSSR count). The van der Waals surface area contributed by atoms with Crippen LogP contribution >= 0.6 is 0 Å². The molecule has 10 aromatic carbocycles. The number of furan rings is 1. The van der Waals surface area contributed by atoms with Gasteiger partial charge in [0.25, 0.3) is 0 Å². The van der Waals surface area contributed by atoms with E-state index in [9.17, 15) is 0 Å². The molecule has 11 aromatic rings. The fourth-order valence-corrected chi connectivity index (χ4v) is 8.48. The Bertz CT molecular complexity index is 3210. The molecule has 0 amide bonds. The van der Waals surface area contributed by atoms with Crippen LogP contribution in [0.2, 0.25) is 0 Å². The van der Waals surface area contributed by atoms with E-state index >= 15 is 0 Å². The van der Waals surface area contributed by atoms with Gasteiger partial charge in [-0.1, -0.05) is 158 Å². The van der Waals surface area contributed by atoms with Crippen LogP contribution in [-0.4, -0.2) is 0 Å². The maximum Gasteiger partial charge on any atom is 0.137 e. The van der Waals surface area contributed by atoms with E-state index in [2.05, 4.69) is 217 Å². The molecule has 0 spiro atoms. The molecular weight excluding hydrogens is 679 g/mol. The van der Waals surface area contributed by atoms with E-state index in [1.807, 2.05) is 0 Å². The van der Waals surface area contributed by atoms with Gasteiger partial charge < -0.3 is 9.32 Å². The second-order valence-electron chi connectivity index (χ2n) is 14.5. The average Bonchev–Trinajstić information content (AvgIpc) is 3.64. The molecular formula is C54H35NO. The molecule has 0 aliphatic rings. The number of fused-ring (bicyclic) bond motifs is 7. The highest BCUT2D eigenvalue weighted by atomic mass is 16.3. The Hall–Kier alpha value is -7.42. The lowest BCUT2D eigenvalue weighted by molar-refractivity contribution is 0.669. The Balaban J connectivity index is 1.01. The first kappa shape index (κ1) is 32.0. The first-order valence-corrected chi connectivity index (χ1v) is 19.2. The first-order chi connectivity index (χ1) is 27.7. The Labute approximate surface area is 325 Å². The molecule has 0 radical (unpaired) electrons. The molecule has 1 aromatic heterocycles. The molecule has 0 saturated carbocycles. The van der Waals surface area contributed by atoms with Crippen LogP contribution in [0.15, 0.2) is 217 Å². The van der Waals surface area contributed by atoms with Crippen LogP contribution in [0.25, 0.3) is 87.6 Å². The Morgan fingerprint density at radius 1 is 0.304 bits per heavy atom. The average molecular weight is 714 g/mol. The van der Waals surface area contributed by atoms with Gasteiger partial charge >= 0.3 is 0 Å². The molecule has 1 heterocycles. The molecule has 0 atom stereocenters. The fourth-order valence-electron chi connectivity index (χ4n) is 8.48. The summed E-state index contributed by atoms with van der Waals surface area (Å²) in [5.74, 6) is 0. The van der Waals surface area contributed by atoms with Gasteiger partial charge in [-0.2, -0.15) is 0 Å². The lowest BCUT2D eigenvalue weighted by Crippen LogP contribution is -2.10. The van der Waals surface area contributed by atoms with Gasteiger partial charge in [-0.15, -0.1) is 0 Å². The second kappa shape index (κ2) is 13.2. The minimum Gasteiger partial charge on any atom is -0.456 e. The van der Waals surface area contributed by atoms with Crippen LogP contribution in [0.5, 0.6) is 0 Å². The van der Waals surface area contributed by atoms with Crippen LogP contribution in [0, 0.1) is 0 Å². The topological polar surface area (TPSA) is 16.4 Å². The number of rotatable bonds is 6. The van der Waals surface area contributed by atoms with Crippen LogP contribution in [0.1, 0.15) is 0 Å². The molecule has 2 nitrogen and oxygen atoms in total. The van der Waals surface area contributed by atoms with Gasteiger partial charge in [0.15, 0.2) is 0 Å². The monoisotopic (exact) mass is 713 g/mol. The zero-order valence-electron chi connectivity index (χ0n) is 30.6. The second-order valence-corrected chi connectivity index (χ2v) is 14.5. The summed E-state index contributed by atoms with van der Waals surface area (Å²) in [6.45, 7) is 0. The Morgan fingerprint density at radius 2 is 0.821 bits per heavy atom. The van der Waals surface area contributed by atoms with Gasteiger partial charge in [-0.05, 0) is 120 Å². The fraction of sp³-hybridized carbons (Fsp3) is 0. The zero-order chi connectivity index (χ0) is 37.0. The summed E-state index contributed by atoms with van der Waals surface area (Å²) < 4.78 is 6.54. The maximum atomic E-state index is 6.54. The minimum absolute atomic E-state index is 0.870. The van der Waals surface area contributed by atoms with Gasteiger partial charge in [0, 0.05) is 16.8 Å². The van der Waals surface area contributed by atoms with E-state index < -0.39 is 0 Å². The zero-order valence-corrected chi connectivity index (χ0v) is 30.6. The van der Waals surface area contributed by atoms with Crippen molar-refractivity contribution < 1.29 is 4.42 Å². The van der Waals surface area contributed by atoms with Crippen molar-refractivity contribution in [1.82, 2.24) is 0 Å². The van der Waals surface area contributed by atoms with Crippen molar-refractivity contribution in [3.05, 3.63) is 212 Å². The molecule has 2 heteroatoms. The van der Waals surface area contributed by atoms with Crippen LogP contribution in [0.3, 0.4) is 0 Å². The van der Waals surface area contributed by atoms with Crippen molar-refractivity contribution in [1.29, 1.82) is 0 Å². The molecule has 262 valence electrons. The lowest BCUT2D eigenvalue weighted by atomic mass is 9.92. The highest BCUT2D eigenvalue weighted by Gasteiger charge is 2.20. The van der Waals surface area contributed by atoms with Gasteiger partial charge in [0.05, 0.1) is 11.1 Å². The smallest absolute Gasteiger partial charge is 0.137 e. The number of anilines is 3. The van der Waals surface area contributed by atoms with Crippen LogP contribution in [0.4, 0.5) is 17.1 Å². The highest BCUT2D eigenvalue weighted by molar-refractivity contribution is 6.16. The van der Waals surface area contributed by atoms with E-state index in [4.69, 9.17) is 4.42 Å². The largest absolute Gasteiger partial charge is 0.456 e. The van der Waals surface area contributed by atoms with Crippen molar-refractivity contribution in [3.8, 4) is 33.4 Å². The van der Waals surface area contributed by atoms with E-state index in [0.29, 0.717) is 0 Å². The predicted molar refractivity (Wildman–Crippen MR) is 237 cm³/mol. The molecule has 0 fully saturated rings. The third-order valence-electron chi connectivity index (χ3n) is 11.2. The van der Waals surface area contributed by atoms with E-state index in [1.165, 1.54) is 65.7 Å². The van der Waals surface area contributed by atoms with E-state index in [-0.39, 0.29) is 0 Å². The van der Waals surface area contributed by atoms with Crippen LogP contribution in [-0.2, 0) is 0 Å². The van der Waals surface area contributed by atoms with Crippen molar-refractivity contribution >= 4 is 71.3 Å². The number of hydrogen-bond donors (Lipinski definition) is 0. The summed E-state index contributed by atoms with van der Waals surface area (Å²) in [6, 6.07) is 76.4. The lowest BCUT2D eigenvalue weighted by Gasteiger charge is -2.26. The molecule has 0 bridgehead atoms. The summed E-state index contributed by atoms with van der Waals surface area (Å²) in [6.07, 6.45) is 0. The quantitative estimate of drug-likeness (QED) is 0.160. The number of hydrogen-bond acceptors (Lipinski definition) is 2. The molecule has 0 N–H and O–H groups in total. The van der Waals surface area contributed by atoms with Gasteiger partial charge in [-0.25, -0.2) is 0 Å². The van der Waals surface area contributed by atoms with Crippen molar-refractivity contribution in [2.24, 2.45) is 0 Å². The van der Waals surface area contributed by atoms with E-state index in [1.54, 1.807) is 0 Å². The molecule has 0 saturated heterocycles. The summed E-state index contributed by atoms with van der Waals surface area (Å²) in [5.41, 5.74) is 12.2. The SMILES string of the molecule is c1ccc(-c2ccc(N(c3ccc(-c4ccc(-c5cc6ccccc6c6ccccc56)cc4)cc3)c3cccc4oc5cc6ccccc6cc5c34)cc2)cc1. The third kappa shape index (κ3) is 5.42. The summed E-state index contributed by atoms with van der Waals surface area (Å²) in [4.78, 5) is 2.36. The van der Waals surface area contributed by atoms with Crippen molar-refractivity contribution in [2.45, 2.75) is 0 Å². The Kier molecular flexibility index (Phi) is 7.53. The summed E-state index contributed by atoms with van der Waals surface area (Å²) in [7, 11) is 0.